The zero-order valence-corrected chi connectivity index (χ0v) is 14.8. The quantitative estimate of drug-likeness (QED) is 0.910. The number of hydrogen-bond acceptors (Lipinski definition) is 3. The number of nitrogens with two attached hydrogens (primary N) is 1. The van der Waals surface area contributed by atoms with Crippen LogP contribution in [0.15, 0.2) is 22.6 Å². The number of carbonyl (C=O) groups is 1. The van der Waals surface area contributed by atoms with Crippen molar-refractivity contribution < 1.29 is 9.21 Å². The Bertz CT molecular complexity index is 708. The summed E-state index contributed by atoms with van der Waals surface area (Å²) in [5, 5.41) is 1.03. The van der Waals surface area contributed by atoms with E-state index < -0.39 is 0 Å². The van der Waals surface area contributed by atoms with Gasteiger partial charge in [-0.2, -0.15) is 0 Å². The standard InChI is InChI=1S/C18H24N2O2.ClH/c1-11-6-4-8-15-12(2)17(22-16(11)15)18(21)20-9-5-7-14(10-20)13(3)19;/h4,6,8,13-14H,5,7,9-10,19H2,1-3H3;1H. The first kappa shape index (κ1) is 17.8. The van der Waals surface area contributed by atoms with E-state index in [1.165, 1.54) is 0 Å². The van der Waals surface area contributed by atoms with Gasteiger partial charge in [0.25, 0.3) is 5.91 Å². The molecule has 1 fully saturated rings. The molecule has 3 rings (SSSR count). The lowest BCUT2D eigenvalue weighted by Gasteiger charge is -2.34. The Labute approximate surface area is 143 Å². The van der Waals surface area contributed by atoms with Gasteiger partial charge in [-0.1, -0.05) is 18.2 Å². The van der Waals surface area contributed by atoms with Gasteiger partial charge in [0, 0.05) is 30.1 Å². The highest BCUT2D eigenvalue weighted by Crippen LogP contribution is 2.29. The molecule has 0 spiro atoms. The van der Waals surface area contributed by atoms with E-state index in [2.05, 4.69) is 0 Å². The lowest BCUT2D eigenvalue weighted by molar-refractivity contribution is 0.0630. The third kappa shape index (κ3) is 3.24. The fourth-order valence-electron chi connectivity index (χ4n) is 3.36. The summed E-state index contributed by atoms with van der Waals surface area (Å²) in [6, 6.07) is 6.14. The van der Waals surface area contributed by atoms with Crippen molar-refractivity contribution >= 4 is 29.3 Å². The number of rotatable bonds is 2. The van der Waals surface area contributed by atoms with Crippen LogP contribution < -0.4 is 5.73 Å². The van der Waals surface area contributed by atoms with Crippen LogP contribution in [-0.2, 0) is 0 Å². The molecule has 4 nitrogen and oxygen atoms in total. The van der Waals surface area contributed by atoms with Crippen LogP contribution in [0.25, 0.3) is 11.0 Å². The number of aryl methyl sites for hydroxylation is 2. The number of hydrogen-bond donors (Lipinski definition) is 1. The molecule has 1 aromatic heterocycles. The van der Waals surface area contributed by atoms with Crippen molar-refractivity contribution in [2.24, 2.45) is 11.7 Å². The van der Waals surface area contributed by atoms with Gasteiger partial charge in [0.05, 0.1) is 0 Å². The molecule has 1 aliphatic rings. The summed E-state index contributed by atoms with van der Waals surface area (Å²) >= 11 is 0. The summed E-state index contributed by atoms with van der Waals surface area (Å²) in [4.78, 5) is 14.8. The first-order chi connectivity index (χ1) is 10.5. The largest absolute Gasteiger partial charge is 0.450 e. The molecule has 0 radical (unpaired) electrons. The number of halogens is 1. The monoisotopic (exact) mass is 336 g/mol. The molecule has 1 aromatic carbocycles. The molecule has 2 heterocycles. The number of para-hydroxylation sites is 1. The average Bonchev–Trinajstić information content (AvgIpc) is 2.85. The predicted molar refractivity (Wildman–Crippen MR) is 95.2 cm³/mol. The maximum atomic E-state index is 12.9. The van der Waals surface area contributed by atoms with Crippen LogP contribution in [0.5, 0.6) is 0 Å². The minimum absolute atomic E-state index is 0. The Balaban J connectivity index is 0.00000192. The summed E-state index contributed by atoms with van der Waals surface area (Å²) in [7, 11) is 0. The second-order valence-corrected chi connectivity index (χ2v) is 6.52. The second-order valence-electron chi connectivity index (χ2n) is 6.52. The lowest BCUT2D eigenvalue weighted by Crippen LogP contribution is -2.45. The van der Waals surface area contributed by atoms with Crippen LogP contribution in [0.3, 0.4) is 0 Å². The molecule has 1 amide bonds. The Morgan fingerprint density at radius 2 is 2.13 bits per heavy atom. The van der Waals surface area contributed by atoms with E-state index in [0.717, 1.165) is 48.0 Å². The first-order valence-electron chi connectivity index (χ1n) is 8.02. The molecule has 1 aliphatic heterocycles. The van der Waals surface area contributed by atoms with Gasteiger partial charge in [-0.25, -0.2) is 0 Å². The number of carbonyl (C=O) groups excluding carboxylic acids is 1. The summed E-state index contributed by atoms with van der Waals surface area (Å²) in [6.07, 6.45) is 2.11. The van der Waals surface area contributed by atoms with E-state index in [1.807, 2.05) is 43.9 Å². The summed E-state index contributed by atoms with van der Waals surface area (Å²) in [5.74, 6) is 0.859. The summed E-state index contributed by atoms with van der Waals surface area (Å²) in [5.41, 5.74) is 8.84. The number of benzene rings is 1. The molecule has 2 atom stereocenters. The fraction of sp³-hybridized carbons (Fsp3) is 0.500. The van der Waals surface area contributed by atoms with Gasteiger partial charge < -0.3 is 15.1 Å². The van der Waals surface area contributed by atoms with E-state index in [9.17, 15) is 4.79 Å². The third-order valence-electron chi connectivity index (χ3n) is 4.84. The second kappa shape index (κ2) is 6.93. The van der Waals surface area contributed by atoms with Crippen LogP contribution in [-0.4, -0.2) is 29.9 Å². The van der Waals surface area contributed by atoms with Gasteiger partial charge in [-0.05, 0) is 45.1 Å². The molecule has 2 aromatic rings. The van der Waals surface area contributed by atoms with Crippen molar-refractivity contribution in [2.45, 2.75) is 39.7 Å². The number of fused-ring (bicyclic) bond motifs is 1. The van der Waals surface area contributed by atoms with Crippen LogP contribution in [0, 0.1) is 19.8 Å². The van der Waals surface area contributed by atoms with Gasteiger partial charge in [0.1, 0.15) is 5.58 Å². The normalized spacial score (nSPS) is 19.5. The zero-order valence-electron chi connectivity index (χ0n) is 14.0. The van der Waals surface area contributed by atoms with Gasteiger partial charge in [-0.15, -0.1) is 12.4 Å². The van der Waals surface area contributed by atoms with Crippen LogP contribution in [0.2, 0.25) is 0 Å². The Morgan fingerprint density at radius 1 is 1.39 bits per heavy atom. The van der Waals surface area contributed by atoms with E-state index >= 15 is 0 Å². The molecule has 0 aliphatic carbocycles. The van der Waals surface area contributed by atoms with Crippen molar-refractivity contribution in [1.82, 2.24) is 4.90 Å². The highest BCUT2D eigenvalue weighted by Gasteiger charge is 2.29. The summed E-state index contributed by atoms with van der Waals surface area (Å²) < 4.78 is 5.92. The first-order valence-corrected chi connectivity index (χ1v) is 8.02. The van der Waals surface area contributed by atoms with E-state index in [0.29, 0.717) is 11.7 Å². The highest BCUT2D eigenvalue weighted by molar-refractivity contribution is 5.99. The maximum absolute atomic E-state index is 12.9. The van der Waals surface area contributed by atoms with Gasteiger partial charge in [0.2, 0.25) is 0 Å². The molecule has 126 valence electrons. The van der Waals surface area contributed by atoms with E-state index in [1.54, 1.807) is 0 Å². The predicted octanol–water partition coefficient (Wildman–Crippen LogP) is 3.67. The number of likely N-dealkylation sites (tertiary alicyclic amines) is 1. The van der Waals surface area contributed by atoms with Crippen LogP contribution >= 0.6 is 12.4 Å². The van der Waals surface area contributed by atoms with Crippen molar-refractivity contribution in [3.8, 4) is 0 Å². The average molecular weight is 337 g/mol. The van der Waals surface area contributed by atoms with Gasteiger partial charge in [0.15, 0.2) is 5.76 Å². The molecule has 0 saturated carbocycles. The molecule has 23 heavy (non-hydrogen) atoms. The Kier molecular flexibility index (Phi) is 5.37. The van der Waals surface area contributed by atoms with Crippen LogP contribution in [0.1, 0.15) is 41.4 Å². The lowest BCUT2D eigenvalue weighted by atomic mass is 9.92. The Morgan fingerprint density at radius 3 is 2.78 bits per heavy atom. The van der Waals surface area contributed by atoms with E-state index in [4.69, 9.17) is 10.2 Å². The fourth-order valence-corrected chi connectivity index (χ4v) is 3.36. The number of furan rings is 1. The van der Waals surface area contributed by atoms with Gasteiger partial charge >= 0.3 is 0 Å². The number of nitrogens with zero attached hydrogens (tertiary/aromatic N) is 1. The maximum Gasteiger partial charge on any atom is 0.289 e. The number of amides is 1. The molecule has 1 saturated heterocycles. The molecule has 0 bridgehead atoms. The zero-order chi connectivity index (χ0) is 15.9. The van der Waals surface area contributed by atoms with Crippen molar-refractivity contribution in [3.05, 3.63) is 35.1 Å². The topological polar surface area (TPSA) is 59.5 Å². The number of piperidine rings is 1. The summed E-state index contributed by atoms with van der Waals surface area (Å²) in [6.45, 7) is 7.51. The molecular formula is C18H25ClN2O2. The molecule has 2 N–H and O–H groups in total. The smallest absolute Gasteiger partial charge is 0.289 e. The van der Waals surface area contributed by atoms with E-state index in [-0.39, 0.29) is 24.4 Å². The van der Waals surface area contributed by atoms with Crippen molar-refractivity contribution in [3.63, 3.8) is 0 Å². The minimum atomic E-state index is -0.00144. The third-order valence-corrected chi connectivity index (χ3v) is 4.84. The molecule has 2 unspecified atom stereocenters. The van der Waals surface area contributed by atoms with Crippen LogP contribution in [0.4, 0.5) is 0 Å². The highest BCUT2D eigenvalue weighted by atomic mass is 35.5. The van der Waals surface area contributed by atoms with Crippen molar-refractivity contribution in [2.75, 3.05) is 13.1 Å². The molecule has 5 heteroatoms. The Hall–Kier alpha value is -1.52. The van der Waals surface area contributed by atoms with Crippen molar-refractivity contribution in [1.29, 1.82) is 0 Å². The SMILES string of the molecule is Cc1c(C(=O)N2CCCC(C(C)N)C2)oc2c(C)cccc12.Cl. The minimum Gasteiger partial charge on any atom is -0.450 e. The molecular weight excluding hydrogens is 312 g/mol. The van der Waals surface area contributed by atoms with Gasteiger partial charge in [-0.3, -0.25) is 4.79 Å².